The molecular weight excluding hydrogens is 218 g/mol. The molecule has 4 saturated carbocycles. The Labute approximate surface area is 113 Å². The maximum absolute atomic E-state index is 3.54. The summed E-state index contributed by atoms with van der Waals surface area (Å²) in [5.41, 5.74) is 0.819. The monoisotopic (exact) mass is 249 g/mol. The van der Waals surface area contributed by atoms with E-state index in [1.165, 1.54) is 32.4 Å². The zero-order valence-electron chi connectivity index (χ0n) is 12.2. The fourth-order valence-electron chi connectivity index (χ4n) is 5.65. The summed E-state index contributed by atoms with van der Waals surface area (Å²) in [7, 11) is 0. The van der Waals surface area contributed by atoms with Crippen LogP contribution in [0.4, 0.5) is 0 Å². The van der Waals surface area contributed by atoms with Crippen molar-refractivity contribution in [2.24, 2.45) is 23.2 Å². The SMILES string of the molecule is CCCNCCCCC12CC3CC(CC(C3)C1)C2. The summed E-state index contributed by atoms with van der Waals surface area (Å²) in [6.07, 6.45) is 15.3. The molecule has 0 spiro atoms. The van der Waals surface area contributed by atoms with Crippen LogP contribution in [-0.2, 0) is 0 Å². The van der Waals surface area contributed by atoms with Crippen LogP contribution < -0.4 is 5.32 Å². The second-order valence-electron chi connectivity index (χ2n) is 7.62. The summed E-state index contributed by atoms with van der Waals surface area (Å²) in [4.78, 5) is 0. The molecule has 4 fully saturated rings. The zero-order chi connectivity index (χ0) is 12.4. The molecule has 4 bridgehead atoms. The van der Waals surface area contributed by atoms with Crippen LogP contribution in [0.2, 0.25) is 0 Å². The third kappa shape index (κ3) is 2.76. The molecule has 18 heavy (non-hydrogen) atoms. The Kier molecular flexibility index (Phi) is 3.98. The van der Waals surface area contributed by atoms with E-state index >= 15 is 0 Å². The van der Waals surface area contributed by atoms with E-state index in [2.05, 4.69) is 12.2 Å². The van der Waals surface area contributed by atoms with Crippen molar-refractivity contribution < 1.29 is 0 Å². The lowest BCUT2D eigenvalue weighted by atomic mass is 9.48. The Morgan fingerprint density at radius 1 is 0.889 bits per heavy atom. The van der Waals surface area contributed by atoms with Gasteiger partial charge < -0.3 is 5.32 Å². The van der Waals surface area contributed by atoms with Gasteiger partial charge >= 0.3 is 0 Å². The Balaban J connectivity index is 1.42. The van der Waals surface area contributed by atoms with E-state index in [0.717, 1.165) is 23.2 Å². The number of hydrogen-bond acceptors (Lipinski definition) is 1. The molecule has 0 amide bonds. The summed E-state index contributed by atoms with van der Waals surface area (Å²) in [6, 6.07) is 0. The molecular formula is C17H31N. The highest BCUT2D eigenvalue weighted by Gasteiger charge is 2.50. The fourth-order valence-corrected chi connectivity index (χ4v) is 5.65. The number of rotatable bonds is 7. The number of unbranched alkanes of at least 4 members (excludes halogenated alkanes) is 1. The smallest absolute Gasteiger partial charge is 0.00489 e. The van der Waals surface area contributed by atoms with Crippen molar-refractivity contribution in [1.29, 1.82) is 0 Å². The van der Waals surface area contributed by atoms with Crippen LogP contribution in [0.15, 0.2) is 0 Å². The van der Waals surface area contributed by atoms with Gasteiger partial charge in [0, 0.05) is 0 Å². The average Bonchev–Trinajstić information content (AvgIpc) is 2.32. The molecule has 0 atom stereocenters. The van der Waals surface area contributed by atoms with E-state index in [4.69, 9.17) is 0 Å². The molecule has 0 saturated heterocycles. The average molecular weight is 249 g/mol. The summed E-state index contributed by atoms with van der Waals surface area (Å²) in [6.45, 7) is 4.71. The zero-order valence-corrected chi connectivity index (χ0v) is 12.2. The first-order valence-corrected chi connectivity index (χ1v) is 8.50. The first-order chi connectivity index (χ1) is 8.80. The maximum atomic E-state index is 3.54. The van der Waals surface area contributed by atoms with Gasteiger partial charge in [-0.1, -0.05) is 13.3 Å². The molecule has 0 aromatic rings. The highest BCUT2D eigenvalue weighted by Crippen LogP contribution is 2.61. The van der Waals surface area contributed by atoms with Crippen molar-refractivity contribution in [3.05, 3.63) is 0 Å². The van der Waals surface area contributed by atoms with Gasteiger partial charge in [-0.15, -0.1) is 0 Å². The van der Waals surface area contributed by atoms with E-state index < -0.39 is 0 Å². The minimum absolute atomic E-state index is 0.819. The predicted octanol–water partition coefficient (Wildman–Crippen LogP) is 4.37. The Morgan fingerprint density at radius 2 is 1.50 bits per heavy atom. The molecule has 0 radical (unpaired) electrons. The van der Waals surface area contributed by atoms with E-state index in [9.17, 15) is 0 Å². The van der Waals surface area contributed by atoms with Gasteiger partial charge in [-0.25, -0.2) is 0 Å². The standard InChI is InChI=1S/C17H31N/c1-2-6-18-7-4-3-5-17-11-14-8-15(12-17)10-16(9-14)13-17/h14-16,18H,2-13H2,1H3. The van der Waals surface area contributed by atoms with Crippen LogP contribution in [0.1, 0.15) is 71.1 Å². The maximum Gasteiger partial charge on any atom is -0.00489 e. The van der Waals surface area contributed by atoms with E-state index in [0.29, 0.717) is 0 Å². The Bertz CT molecular complexity index is 235. The highest BCUT2D eigenvalue weighted by atomic mass is 14.8. The molecule has 1 heteroatoms. The Hall–Kier alpha value is -0.0400. The molecule has 1 N–H and O–H groups in total. The van der Waals surface area contributed by atoms with Gasteiger partial charge in [-0.3, -0.25) is 0 Å². The minimum Gasteiger partial charge on any atom is -0.317 e. The minimum atomic E-state index is 0.819. The molecule has 0 heterocycles. The van der Waals surface area contributed by atoms with E-state index in [1.807, 2.05) is 0 Å². The molecule has 0 aromatic heterocycles. The lowest BCUT2D eigenvalue weighted by Gasteiger charge is -2.57. The third-order valence-corrected chi connectivity index (χ3v) is 5.90. The van der Waals surface area contributed by atoms with Crippen LogP contribution in [-0.4, -0.2) is 13.1 Å². The molecule has 0 unspecified atom stereocenters. The fraction of sp³-hybridized carbons (Fsp3) is 1.00. The van der Waals surface area contributed by atoms with Gasteiger partial charge in [-0.05, 0) is 94.0 Å². The van der Waals surface area contributed by atoms with Gasteiger partial charge in [0.15, 0.2) is 0 Å². The van der Waals surface area contributed by atoms with Crippen molar-refractivity contribution in [3.63, 3.8) is 0 Å². The molecule has 1 nitrogen and oxygen atoms in total. The van der Waals surface area contributed by atoms with Crippen LogP contribution >= 0.6 is 0 Å². The second kappa shape index (κ2) is 5.53. The van der Waals surface area contributed by atoms with Crippen molar-refractivity contribution >= 4 is 0 Å². The molecule has 4 rings (SSSR count). The van der Waals surface area contributed by atoms with Crippen molar-refractivity contribution in [2.45, 2.75) is 71.1 Å². The van der Waals surface area contributed by atoms with Crippen LogP contribution in [0.5, 0.6) is 0 Å². The normalized spacial score (nSPS) is 41.5. The van der Waals surface area contributed by atoms with Gasteiger partial charge in [0.25, 0.3) is 0 Å². The molecule has 0 aliphatic heterocycles. The van der Waals surface area contributed by atoms with E-state index in [-0.39, 0.29) is 0 Å². The van der Waals surface area contributed by atoms with Crippen LogP contribution in [0.25, 0.3) is 0 Å². The first-order valence-electron chi connectivity index (χ1n) is 8.50. The van der Waals surface area contributed by atoms with Gasteiger partial charge in [0.1, 0.15) is 0 Å². The topological polar surface area (TPSA) is 12.0 Å². The third-order valence-electron chi connectivity index (χ3n) is 5.90. The van der Waals surface area contributed by atoms with Gasteiger partial charge in [0.05, 0.1) is 0 Å². The van der Waals surface area contributed by atoms with Crippen molar-refractivity contribution in [2.75, 3.05) is 13.1 Å². The lowest BCUT2D eigenvalue weighted by molar-refractivity contribution is -0.0582. The van der Waals surface area contributed by atoms with Gasteiger partial charge in [-0.2, -0.15) is 0 Å². The summed E-state index contributed by atoms with van der Waals surface area (Å²) >= 11 is 0. The van der Waals surface area contributed by atoms with Gasteiger partial charge in [0.2, 0.25) is 0 Å². The van der Waals surface area contributed by atoms with Crippen LogP contribution in [0, 0.1) is 23.2 Å². The summed E-state index contributed by atoms with van der Waals surface area (Å²) in [5, 5.41) is 3.54. The molecule has 4 aliphatic carbocycles. The summed E-state index contributed by atoms with van der Waals surface area (Å²) < 4.78 is 0. The number of nitrogens with one attached hydrogen (secondary N) is 1. The highest BCUT2D eigenvalue weighted by molar-refractivity contribution is 5.01. The molecule has 0 aromatic carbocycles. The van der Waals surface area contributed by atoms with E-state index in [1.54, 1.807) is 44.9 Å². The Morgan fingerprint density at radius 3 is 2.06 bits per heavy atom. The van der Waals surface area contributed by atoms with Crippen molar-refractivity contribution in [1.82, 2.24) is 5.32 Å². The quantitative estimate of drug-likeness (QED) is 0.661. The van der Waals surface area contributed by atoms with Crippen LogP contribution in [0.3, 0.4) is 0 Å². The first kappa shape index (κ1) is 13.0. The largest absolute Gasteiger partial charge is 0.317 e. The second-order valence-corrected chi connectivity index (χ2v) is 7.62. The number of hydrogen-bond donors (Lipinski definition) is 1. The summed E-state index contributed by atoms with van der Waals surface area (Å²) in [5.74, 6) is 3.40. The lowest BCUT2D eigenvalue weighted by Crippen LogP contribution is -2.45. The molecule has 104 valence electrons. The molecule has 4 aliphatic rings. The predicted molar refractivity (Wildman–Crippen MR) is 77.6 cm³/mol. The van der Waals surface area contributed by atoms with Crippen molar-refractivity contribution in [3.8, 4) is 0 Å².